The maximum absolute atomic E-state index is 12.5. The number of likely N-dealkylation sites (N-methyl/N-ethyl adjacent to an activating group) is 1. The first-order valence-electron chi connectivity index (χ1n) is 18.5. The van der Waals surface area contributed by atoms with Crippen LogP contribution in [0.4, 0.5) is 16.3 Å². The van der Waals surface area contributed by atoms with Gasteiger partial charge >= 0.3 is 6.09 Å². The van der Waals surface area contributed by atoms with Crippen LogP contribution in [0.25, 0.3) is 11.0 Å². The summed E-state index contributed by atoms with van der Waals surface area (Å²) in [6.45, 7) is 7.59. The Morgan fingerprint density at radius 3 is 2.37 bits per heavy atom. The highest BCUT2D eigenvalue weighted by Crippen LogP contribution is 2.15. The number of nitrogens with zero attached hydrogens (tertiary/aromatic N) is 4. The molecule has 1 saturated heterocycles. The van der Waals surface area contributed by atoms with E-state index >= 15 is 0 Å². The number of H-pyrrole nitrogens is 1. The smallest absolute Gasteiger partial charge is 0.410 e. The largest absolute Gasteiger partial charge is 0.445 e. The van der Waals surface area contributed by atoms with E-state index in [-0.39, 0.29) is 44.2 Å². The van der Waals surface area contributed by atoms with Crippen molar-refractivity contribution in [3.05, 3.63) is 60.6 Å². The number of carbonyl (C=O) groups excluding carboxylic acids is 7. The molecule has 57 heavy (non-hydrogen) atoms. The van der Waals surface area contributed by atoms with Gasteiger partial charge in [-0.1, -0.05) is 32.4 Å². The van der Waals surface area contributed by atoms with Crippen molar-refractivity contribution in [2.24, 2.45) is 0 Å². The van der Waals surface area contributed by atoms with Gasteiger partial charge in [0.25, 0.3) is 11.8 Å². The number of rotatable bonds is 13. The number of nitrogens with two attached hydrogens (primary N) is 1. The second kappa shape index (κ2) is 22.9. The molecule has 308 valence electrons. The number of fused-ring (bicyclic) bond motifs is 1. The van der Waals surface area contributed by atoms with Crippen LogP contribution in [0.2, 0.25) is 0 Å². The average Bonchev–Trinajstić information content (AvgIpc) is 3.80. The molecule has 1 fully saturated rings. The van der Waals surface area contributed by atoms with Gasteiger partial charge in [0, 0.05) is 50.7 Å². The molecule has 0 aliphatic carbocycles. The lowest BCUT2D eigenvalue weighted by Gasteiger charge is -2.30. The van der Waals surface area contributed by atoms with Crippen molar-refractivity contribution >= 4 is 64.1 Å². The molecule has 0 spiro atoms. The molecular formula is C38H52N10O9. The molecule has 7 amide bonds. The Bertz CT molecular complexity index is 1860. The van der Waals surface area contributed by atoms with E-state index in [0.29, 0.717) is 23.7 Å². The van der Waals surface area contributed by atoms with Crippen LogP contribution < -0.4 is 27.0 Å². The van der Waals surface area contributed by atoms with Gasteiger partial charge in [-0.3, -0.25) is 33.7 Å². The molecule has 0 bridgehead atoms. The number of carbonyl (C=O) groups is 7. The van der Waals surface area contributed by atoms with E-state index < -0.39 is 48.2 Å². The fourth-order valence-electron chi connectivity index (χ4n) is 5.22. The van der Waals surface area contributed by atoms with Gasteiger partial charge in [0.05, 0.1) is 24.1 Å². The number of hydrogen-bond acceptors (Lipinski definition) is 12. The number of aromatic nitrogens is 3. The van der Waals surface area contributed by atoms with Crippen LogP contribution in [0.15, 0.2) is 55.0 Å². The third kappa shape index (κ3) is 15.0. The third-order valence-electron chi connectivity index (χ3n) is 8.29. The van der Waals surface area contributed by atoms with E-state index in [2.05, 4.69) is 50.1 Å². The maximum atomic E-state index is 12.5. The number of nitrogen functional groups attached to an aromatic ring is 1. The lowest BCUT2D eigenvalue weighted by atomic mass is 10.0. The highest BCUT2D eigenvalue weighted by atomic mass is 16.6. The Morgan fingerprint density at radius 2 is 1.72 bits per heavy atom. The number of amides is 7. The lowest BCUT2D eigenvalue weighted by Crippen LogP contribution is -2.49. The van der Waals surface area contributed by atoms with Gasteiger partial charge in [0.1, 0.15) is 37.0 Å². The lowest BCUT2D eigenvalue weighted by molar-refractivity contribution is -0.137. The van der Waals surface area contributed by atoms with Crippen LogP contribution >= 0.6 is 0 Å². The minimum absolute atomic E-state index is 0.0494. The molecule has 2 unspecified atom stereocenters. The van der Waals surface area contributed by atoms with Gasteiger partial charge in [0.2, 0.25) is 23.6 Å². The van der Waals surface area contributed by atoms with Crippen molar-refractivity contribution in [2.75, 3.05) is 44.3 Å². The summed E-state index contributed by atoms with van der Waals surface area (Å²) in [7, 11) is 1.47. The van der Waals surface area contributed by atoms with Crippen LogP contribution in [-0.2, 0) is 44.8 Å². The van der Waals surface area contributed by atoms with Gasteiger partial charge < -0.3 is 46.4 Å². The van der Waals surface area contributed by atoms with Gasteiger partial charge in [0.15, 0.2) is 0 Å². The molecule has 4 heterocycles. The maximum Gasteiger partial charge on any atom is 0.410 e. The second-order valence-electron chi connectivity index (χ2n) is 13.2. The monoisotopic (exact) mass is 792 g/mol. The first kappa shape index (κ1) is 45.0. The quantitative estimate of drug-likeness (QED) is 0.135. The second-order valence-corrected chi connectivity index (χ2v) is 13.2. The van der Waals surface area contributed by atoms with E-state index in [0.717, 1.165) is 40.9 Å². The van der Waals surface area contributed by atoms with E-state index in [1.807, 2.05) is 13.0 Å². The zero-order valence-electron chi connectivity index (χ0n) is 32.8. The van der Waals surface area contributed by atoms with Crippen molar-refractivity contribution in [1.82, 2.24) is 40.7 Å². The van der Waals surface area contributed by atoms with Gasteiger partial charge in [-0.15, -0.1) is 0 Å². The Labute approximate surface area is 330 Å². The normalized spacial score (nSPS) is 16.3. The summed E-state index contributed by atoms with van der Waals surface area (Å²) in [5.74, 6) is -2.42. The van der Waals surface area contributed by atoms with Crippen molar-refractivity contribution in [3.63, 3.8) is 0 Å². The highest BCUT2D eigenvalue weighted by molar-refractivity contribution is 6.13. The molecule has 3 aromatic rings. The van der Waals surface area contributed by atoms with E-state index in [1.54, 1.807) is 30.5 Å². The third-order valence-corrected chi connectivity index (χ3v) is 8.29. The number of anilines is 2. The van der Waals surface area contributed by atoms with Crippen molar-refractivity contribution < 1.29 is 43.0 Å². The summed E-state index contributed by atoms with van der Waals surface area (Å²) in [6.07, 6.45) is 7.47. The topological polar surface area (TPSA) is 260 Å². The molecule has 0 radical (unpaired) electrons. The zero-order chi connectivity index (χ0) is 41.9. The molecule has 19 nitrogen and oxygen atoms in total. The van der Waals surface area contributed by atoms with Gasteiger partial charge in [-0.05, 0) is 50.5 Å². The fraction of sp³-hybridized carbons (Fsp3) is 0.447. The molecule has 2 aromatic heterocycles. The number of ether oxygens (including phenoxy) is 2. The van der Waals surface area contributed by atoms with E-state index in [9.17, 15) is 33.6 Å². The van der Waals surface area contributed by atoms with Crippen LogP contribution in [-0.4, -0.2) is 118 Å². The number of benzene rings is 1. The summed E-state index contributed by atoms with van der Waals surface area (Å²) in [4.78, 5) is 97.1. The predicted molar refractivity (Wildman–Crippen MR) is 210 cm³/mol. The Hall–Kier alpha value is -6.37. The molecule has 0 saturated carbocycles. The van der Waals surface area contributed by atoms with Crippen LogP contribution in [0.1, 0.15) is 58.9 Å². The van der Waals surface area contributed by atoms with Crippen LogP contribution in [0, 0.1) is 0 Å². The van der Waals surface area contributed by atoms with Crippen molar-refractivity contribution in [1.29, 1.82) is 0 Å². The van der Waals surface area contributed by atoms with Crippen LogP contribution in [0.5, 0.6) is 0 Å². The first-order chi connectivity index (χ1) is 27.2. The van der Waals surface area contributed by atoms with Crippen molar-refractivity contribution in [3.8, 4) is 0 Å². The molecule has 2 aliphatic rings. The SMILES string of the molecule is CC(NC(=O)CNC(=O)CCN1C(=O)C=CC1=O)C(=O)Nc1ccc(COC(=O)N(C)CC(=O)NC2CCCO[C@H]2C)cc1.CCC.Nc1ncnc2[nH]ccc12. The van der Waals surface area contributed by atoms with Crippen LogP contribution in [0.3, 0.4) is 0 Å². The predicted octanol–water partition coefficient (Wildman–Crippen LogP) is 1.77. The Balaban J connectivity index is 0.000000562. The van der Waals surface area contributed by atoms with E-state index in [1.165, 1.54) is 31.6 Å². The summed E-state index contributed by atoms with van der Waals surface area (Å²) >= 11 is 0. The zero-order valence-corrected chi connectivity index (χ0v) is 32.8. The van der Waals surface area contributed by atoms with Crippen molar-refractivity contribution in [2.45, 2.75) is 78.2 Å². The average molecular weight is 793 g/mol. The highest BCUT2D eigenvalue weighted by Gasteiger charge is 2.26. The summed E-state index contributed by atoms with van der Waals surface area (Å²) in [6, 6.07) is 7.34. The molecular weight excluding hydrogens is 740 g/mol. The first-order valence-corrected chi connectivity index (χ1v) is 18.5. The number of imide groups is 1. The van der Waals surface area contributed by atoms with E-state index in [4.69, 9.17) is 15.2 Å². The Morgan fingerprint density at radius 1 is 1.04 bits per heavy atom. The molecule has 3 atom stereocenters. The Kier molecular flexibility index (Phi) is 18.1. The number of hydrogen-bond donors (Lipinski definition) is 6. The summed E-state index contributed by atoms with van der Waals surface area (Å²) in [5, 5.41) is 11.3. The number of nitrogens with one attached hydrogen (secondary N) is 5. The molecule has 5 rings (SSSR count). The molecule has 1 aromatic carbocycles. The summed E-state index contributed by atoms with van der Waals surface area (Å²) < 4.78 is 10.8. The minimum atomic E-state index is -0.924. The molecule has 7 N–H and O–H groups in total. The number of aromatic amines is 1. The standard InChI is InChI=1S/C29H38N6O9.C6H6N4.C3H8/c1-18(31-24(37)15-30-23(36)12-13-35-26(39)10-11-27(35)40)28(41)32-21-8-6-20(7-9-21)17-44-29(42)34(3)16-25(38)33-22-5-4-14-43-19(22)2;7-5-4-1-2-8-6(4)10-3-9-5;1-3-2/h6-11,18-19,22H,4-5,12-17H2,1-3H3,(H,30,36)(H,31,37)(H,32,41)(H,33,38);1-3H,(H3,7,8,9,10);3H2,1-2H3/t18?,19-,22?;;/m0../s1. The van der Waals surface area contributed by atoms with Gasteiger partial charge in [-0.25, -0.2) is 14.8 Å². The fourth-order valence-corrected chi connectivity index (χ4v) is 5.22. The minimum Gasteiger partial charge on any atom is -0.445 e. The summed E-state index contributed by atoms with van der Waals surface area (Å²) in [5.41, 5.74) is 7.40. The van der Waals surface area contributed by atoms with Gasteiger partial charge in [-0.2, -0.15) is 0 Å². The molecule has 2 aliphatic heterocycles. The molecule has 19 heteroatoms.